The minimum atomic E-state index is -0.914. The number of aliphatic carboxylic acids is 1. The molecule has 1 heterocycles. The first-order valence-corrected chi connectivity index (χ1v) is 4.39. The Balaban J connectivity index is 0.00000169. The van der Waals surface area contributed by atoms with Gasteiger partial charge >= 0.3 is 5.97 Å². The molecule has 0 bridgehead atoms. The Morgan fingerprint density at radius 3 is 2.64 bits per heavy atom. The zero-order chi connectivity index (χ0) is 9.84. The van der Waals surface area contributed by atoms with E-state index in [0.29, 0.717) is 13.0 Å². The topological polar surface area (TPSA) is 83.6 Å². The fourth-order valence-corrected chi connectivity index (χ4v) is 1.59. The molecule has 14 heavy (non-hydrogen) atoms. The van der Waals surface area contributed by atoms with Crippen LogP contribution < -0.4 is 5.73 Å². The van der Waals surface area contributed by atoms with Gasteiger partial charge in [-0.15, -0.1) is 12.4 Å². The first kappa shape index (κ1) is 13.2. The number of amides is 1. The molecule has 82 valence electrons. The zero-order valence-electron chi connectivity index (χ0n) is 7.81. The van der Waals surface area contributed by atoms with Crippen molar-refractivity contribution in [2.24, 2.45) is 5.73 Å². The van der Waals surface area contributed by atoms with Crippen molar-refractivity contribution in [2.75, 3.05) is 13.1 Å². The molecule has 1 amide bonds. The molecule has 1 aliphatic heterocycles. The summed E-state index contributed by atoms with van der Waals surface area (Å²) in [5, 5.41) is 8.78. The highest BCUT2D eigenvalue weighted by atomic mass is 35.5. The van der Waals surface area contributed by atoms with Crippen LogP contribution in [0.25, 0.3) is 0 Å². The average molecular weight is 223 g/mol. The summed E-state index contributed by atoms with van der Waals surface area (Å²) in [5.74, 6) is -1.06. The lowest BCUT2D eigenvalue weighted by Gasteiger charge is -2.20. The van der Waals surface area contributed by atoms with Crippen molar-refractivity contribution < 1.29 is 14.7 Å². The molecule has 6 heteroatoms. The Hall–Kier alpha value is -0.810. The maximum absolute atomic E-state index is 11.3. The van der Waals surface area contributed by atoms with Crippen molar-refractivity contribution in [1.29, 1.82) is 0 Å². The molecule has 5 nitrogen and oxygen atoms in total. The predicted molar refractivity (Wildman–Crippen MR) is 53.3 cm³/mol. The number of carbonyl (C=O) groups excluding carboxylic acids is 1. The Labute approximate surface area is 88.7 Å². The molecule has 0 spiro atoms. The second-order valence-electron chi connectivity index (χ2n) is 3.12. The third-order valence-corrected chi connectivity index (χ3v) is 2.22. The third-order valence-electron chi connectivity index (χ3n) is 2.22. The van der Waals surface area contributed by atoms with E-state index in [1.807, 2.05) is 0 Å². The van der Waals surface area contributed by atoms with Crippen molar-refractivity contribution in [3.05, 3.63) is 0 Å². The number of carbonyl (C=O) groups is 2. The fourth-order valence-electron chi connectivity index (χ4n) is 1.59. The molecular formula is C8H15ClN2O3. The van der Waals surface area contributed by atoms with E-state index < -0.39 is 12.0 Å². The van der Waals surface area contributed by atoms with Crippen molar-refractivity contribution in [2.45, 2.75) is 25.3 Å². The number of rotatable bonds is 3. The number of carboxylic acids is 1. The van der Waals surface area contributed by atoms with E-state index in [-0.39, 0.29) is 31.3 Å². The summed E-state index contributed by atoms with van der Waals surface area (Å²) in [6.45, 7) is 0.831. The Morgan fingerprint density at radius 1 is 1.50 bits per heavy atom. The maximum Gasteiger partial charge on any atom is 0.326 e. The zero-order valence-corrected chi connectivity index (χ0v) is 8.63. The molecule has 1 aliphatic rings. The van der Waals surface area contributed by atoms with Crippen LogP contribution >= 0.6 is 12.4 Å². The minimum Gasteiger partial charge on any atom is -0.480 e. The van der Waals surface area contributed by atoms with E-state index in [1.165, 1.54) is 4.90 Å². The molecule has 0 saturated carbocycles. The van der Waals surface area contributed by atoms with Crippen LogP contribution in [0.15, 0.2) is 0 Å². The SMILES string of the molecule is Cl.NCCC(=O)N1CCCC1C(=O)O. The first-order chi connectivity index (χ1) is 6.16. The predicted octanol–water partition coefficient (Wildman–Crippen LogP) is -0.167. The lowest BCUT2D eigenvalue weighted by molar-refractivity contribution is -0.148. The highest BCUT2D eigenvalue weighted by molar-refractivity contribution is 5.85. The molecular weight excluding hydrogens is 208 g/mol. The van der Waals surface area contributed by atoms with E-state index in [0.717, 1.165) is 6.42 Å². The van der Waals surface area contributed by atoms with Gasteiger partial charge in [0.2, 0.25) is 5.91 Å². The Morgan fingerprint density at radius 2 is 2.14 bits per heavy atom. The van der Waals surface area contributed by atoms with Crippen molar-refractivity contribution >= 4 is 24.3 Å². The largest absolute Gasteiger partial charge is 0.480 e. The third kappa shape index (κ3) is 2.85. The average Bonchev–Trinajstić information content (AvgIpc) is 2.52. The molecule has 1 fully saturated rings. The molecule has 0 aromatic heterocycles. The van der Waals surface area contributed by atoms with Gasteiger partial charge in [-0.25, -0.2) is 4.79 Å². The summed E-state index contributed by atoms with van der Waals surface area (Å²) in [6.07, 6.45) is 1.57. The van der Waals surface area contributed by atoms with Gasteiger partial charge in [-0.3, -0.25) is 4.79 Å². The van der Waals surface area contributed by atoms with E-state index in [2.05, 4.69) is 0 Å². The molecule has 0 aliphatic carbocycles. The van der Waals surface area contributed by atoms with Crippen LogP contribution in [0, 0.1) is 0 Å². The molecule has 1 saturated heterocycles. The summed E-state index contributed by atoms with van der Waals surface area (Å²) in [5.41, 5.74) is 5.22. The van der Waals surface area contributed by atoms with Gasteiger partial charge in [0.1, 0.15) is 6.04 Å². The number of hydrogen-bond donors (Lipinski definition) is 2. The van der Waals surface area contributed by atoms with Crippen LogP contribution in [0.5, 0.6) is 0 Å². The summed E-state index contributed by atoms with van der Waals surface area (Å²) in [4.78, 5) is 23.5. The van der Waals surface area contributed by atoms with Gasteiger partial charge < -0.3 is 15.7 Å². The quantitative estimate of drug-likeness (QED) is 0.695. The molecule has 0 aromatic rings. The highest BCUT2D eigenvalue weighted by Gasteiger charge is 2.33. The number of likely N-dealkylation sites (tertiary alicyclic amines) is 1. The van der Waals surface area contributed by atoms with E-state index in [4.69, 9.17) is 10.8 Å². The second kappa shape index (κ2) is 5.82. The summed E-state index contributed by atoms with van der Waals surface area (Å²) in [6, 6.07) is -0.626. The number of nitrogens with two attached hydrogens (primary N) is 1. The first-order valence-electron chi connectivity index (χ1n) is 4.39. The molecule has 1 unspecified atom stereocenters. The standard InChI is InChI=1S/C8H14N2O3.ClH/c9-4-3-7(11)10-5-1-2-6(10)8(12)13;/h6H,1-5,9H2,(H,12,13);1H. The molecule has 0 radical (unpaired) electrons. The van der Waals surface area contributed by atoms with Crippen molar-refractivity contribution in [3.63, 3.8) is 0 Å². The lowest BCUT2D eigenvalue weighted by atomic mass is 10.2. The van der Waals surface area contributed by atoms with Gasteiger partial charge in [0.15, 0.2) is 0 Å². The maximum atomic E-state index is 11.3. The van der Waals surface area contributed by atoms with Crippen LogP contribution in [0.1, 0.15) is 19.3 Å². The van der Waals surface area contributed by atoms with E-state index >= 15 is 0 Å². The van der Waals surface area contributed by atoms with E-state index in [1.54, 1.807) is 0 Å². The molecule has 3 N–H and O–H groups in total. The summed E-state index contributed by atoms with van der Waals surface area (Å²) >= 11 is 0. The number of carboxylic acid groups (broad SMARTS) is 1. The molecule has 1 atom stereocenters. The number of nitrogens with zero attached hydrogens (tertiary/aromatic N) is 1. The van der Waals surface area contributed by atoms with Gasteiger partial charge in [-0.05, 0) is 12.8 Å². The van der Waals surface area contributed by atoms with E-state index in [9.17, 15) is 9.59 Å². The minimum absolute atomic E-state index is 0. The smallest absolute Gasteiger partial charge is 0.326 e. The van der Waals surface area contributed by atoms with Gasteiger partial charge in [-0.2, -0.15) is 0 Å². The van der Waals surface area contributed by atoms with Crippen LogP contribution in [0.3, 0.4) is 0 Å². The van der Waals surface area contributed by atoms with Crippen LogP contribution in [0.4, 0.5) is 0 Å². The lowest BCUT2D eigenvalue weighted by Crippen LogP contribution is -2.41. The number of hydrogen-bond acceptors (Lipinski definition) is 3. The van der Waals surface area contributed by atoms with Crippen LogP contribution in [-0.4, -0.2) is 41.0 Å². The van der Waals surface area contributed by atoms with Crippen LogP contribution in [0.2, 0.25) is 0 Å². The van der Waals surface area contributed by atoms with Gasteiger partial charge in [0.25, 0.3) is 0 Å². The monoisotopic (exact) mass is 222 g/mol. The summed E-state index contributed by atoms with van der Waals surface area (Å²) in [7, 11) is 0. The summed E-state index contributed by atoms with van der Waals surface area (Å²) < 4.78 is 0. The number of halogens is 1. The fraction of sp³-hybridized carbons (Fsp3) is 0.750. The van der Waals surface area contributed by atoms with Crippen LogP contribution in [-0.2, 0) is 9.59 Å². The normalized spacial score (nSPS) is 20.4. The Bertz CT molecular complexity index is 223. The van der Waals surface area contributed by atoms with Crippen molar-refractivity contribution in [3.8, 4) is 0 Å². The van der Waals surface area contributed by atoms with Gasteiger partial charge in [0, 0.05) is 19.5 Å². The highest BCUT2D eigenvalue weighted by Crippen LogP contribution is 2.17. The van der Waals surface area contributed by atoms with Gasteiger partial charge in [-0.1, -0.05) is 0 Å². The van der Waals surface area contributed by atoms with Crippen molar-refractivity contribution in [1.82, 2.24) is 4.90 Å². The molecule has 0 aromatic carbocycles. The second-order valence-corrected chi connectivity index (χ2v) is 3.12. The van der Waals surface area contributed by atoms with Gasteiger partial charge in [0.05, 0.1) is 0 Å². The molecule has 1 rings (SSSR count). The Kier molecular flexibility index (Phi) is 5.49.